The Bertz CT molecular complexity index is 342. The molecule has 4 heteroatoms. The summed E-state index contributed by atoms with van der Waals surface area (Å²) >= 11 is 0. The molecule has 1 fully saturated rings. The summed E-state index contributed by atoms with van der Waals surface area (Å²) in [5, 5.41) is 29.4. The molecule has 122 valence electrons. The number of hydrogen-bond acceptors (Lipinski definition) is 4. The average molecular weight is 298 g/mol. The predicted octanol–water partition coefficient (Wildman–Crippen LogP) is 2.35. The Kier molecular flexibility index (Phi) is 8.28. The van der Waals surface area contributed by atoms with Crippen molar-refractivity contribution >= 4 is 0 Å². The molecule has 3 N–H and O–H groups in total. The van der Waals surface area contributed by atoms with Gasteiger partial charge in [0.1, 0.15) is 0 Å². The topological polar surface area (TPSA) is 69.9 Å². The second-order valence-electron chi connectivity index (χ2n) is 5.96. The van der Waals surface area contributed by atoms with Crippen molar-refractivity contribution in [1.29, 1.82) is 0 Å². The molecule has 0 aromatic rings. The quantitative estimate of drug-likeness (QED) is 0.347. The summed E-state index contributed by atoms with van der Waals surface area (Å²) in [6, 6.07) is 0. The summed E-state index contributed by atoms with van der Waals surface area (Å²) in [6.45, 7) is 3.86. The van der Waals surface area contributed by atoms with Crippen LogP contribution in [-0.4, -0.2) is 39.9 Å². The molecule has 1 aliphatic rings. The maximum Gasteiger partial charge on any atom is 0.204 e. The number of hydrogen-bond donors (Lipinski definition) is 3. The molecule has 1 rings (SSSR count). The van der Waals surface area contributed by atoms with Crippen LogP contribution < -0.4 is 0 Å². The fourth-order valence-corrected chi connectivity index (χ4v) is 2.49. The van der Waals surface area contributed by atoms with E-state index in [2.05, 4.69) is 18.8 Å². The van der Waals surface area contributed by atoms with Crippen LogP contribution in [0.4, 0.5) is 0 Å². The van der Waals surface area contributed by atoms with E-state index in [4.69, 9.17) is 4.74 Å². The molecule has 0 aromatic heterocycles. The largest absolute Gasteiger partial charge is 0.381 e. The van der Waals surface area contributed by atoms with E-state index in [9.17, 15) is 15.3 Å². The second kappa shape index (κ2) is 9.42. The molecule has 0 heterocycles. The second-order valence-corrected chi connectivity index (χ2v) is 5.96. The van der Waals surface area contributed by atoms with Gasteiger partial charge in [-0.15, -0.1) is 5.92 Å². The van der Waals surface area contributed by atoms with Crippen LogP contribution in [-0.2, 0) is 4.74 Å². The van der Waals surface area contributed by atoms with Crippen molar-refractivity contribution in [2.45, 2.75) is 82.5 Å². The van der Waals surface area contributed by atoms with Crippen LogP contribution in [0, 0.1) is 11.8 Å². The van der Waals surface area contributed by atoms with Crippen molar-refractivity contribution < 1.29 is 20.1 Å². The van der Waals surface area contributed by atoms with Crippen molar-refractivity contribution in [2.24, 2.45) is 0 Å². The fraction of sp³-hybridized carbons (Fsp3) is 0.882. The zero-order chi connectivity index (χ0) is 15.6. The monoisotopic (exact) mass is 298 g/mol. The average Bonchev–Trinajstić information content (AvgIpc) is 2.70. The predicted molar refractivity (Wildman–Crippen MR) is 82.6 cm³/mol. The third-order valence-corrected chi connectivity index (χ3v) is 4.00. The van der Waals surface area contributed by atoms with E-state index in [-0.39, 0.29) is 6.42 Å². The lowest BCUT2D eigenvalue weighted by molar-refractivity contribution is -0.235. The first-order valence-electron chi connectivity index (χ1n) is 8.27. The van der Waals surface area contributed by atoms with Crippen LogP contribution in [0.3, 0.4) is 0 Å². The van der Waals surface area contributed by atoms with Gasteiger partial charge in [-0.1, -0.05) is 32.1 Å². The Labute approximate surface area is 128 Å². The van der Waals surface area contributed by atoms with E-state index in [0.717, 1.165) is 45.3 Å². The normalized spacial score (nSPS) is 23.8. The highest BCUT2D eigenvalue weighted by molar-refractivity contribution is 5.21. The van der Waals surface area contributed by atoms with Gasteiger partial charge in [0.15, 0.2) is 5.60 Å². The molecule has 0 amide bonds. The van der Waals surface area contributed by atoms with Gasteiger partial charge in [0, 0.05) is 26.1 Å². The first kappa shape index (κ1) is 18.4. The van der Waals surface area contributed by atoms with Gasteiger partial charge in [-0.25, -0.2) is 0 Å². The summed E-state index contributed by atoms with van der Waals surface area (Å²) in [4.78, 5) is 0. The van der Waals surface area contributed by atoms with Gasteiger partial charge in [0.2, 0.25) is 5.79 Å². The first-order chi connectivity index (χ1) is 10.0. The Balaban J connectivity index is 2.04. The minimum absolute atomic E-state index is 0.191. The molecule has 0 saturated heterocycles. The lowest BCUT2D eigenvalue weighted by atomic mass is 9.97. The van der Waals surface area contributed by atoms with Gasteiger partial charge in [0.25, 0.3) is 0 Å². The molecule has 1 aliphatic carbocycles. The van der Waals surface area contributed by atoms with Crippen molar-refractivity contribution in [3.05, 3.63) is 0 Å². The van der Waals surface area contributed by atoms with Crippen molar-refractivity contribution in [3.8, 4) is 11.8 Å². The van der Waals surface area contributed by atoms with E-state index in [1.807, 2.05) is 0 Å². The summed E-state index contributed by atoms with van der Waals surface area (Å²) < 4.78 is 5.49. The van der Waals surface area contributed by atoms with Gasteiger partial charge in [0.05, 0.1) is 0 Å². The van der Waals surface area contributed by atoms with Gasteiger partial charge >= 0.3 is 0 Å². The Morgan fingerprint density at radius 3 is 2.33 bits per heavy atom. The zero-order valence-electron chi connectivity index (χ0n) is 13.2. The van der Waals surface area contributed by atoms with Crippen LogP contribution >= 0.6 is 0 Å². The van der Waals surface area contributed by atoms with Gasteiger partial charge in [-0.2, -0.15) is 0 Å². The zero-order valence-corrected chi connectivity index (χ0v) is 13.2. The summed E-state index contributed by atoms with van der Waals surface area (Å²) in [7, 11) is 0. The van der Waals surface area contributed by atoms with Crippen LogP contribution in [0.2, 0.25) is 0 Å². The fourth-order valence-electron chi connectivity index (χ4n) is 2.49. The Hall–Kier alpha value is -0.600. The summed E-state index contributed by atoms with van der Waals surface area (Å²) in [5.74, 6) is 3.50. The molecular weight excluding hydrogens is 268 g/mol. The molecule has 1 saturated carbocycles. The van der Waals surface area contributed by atoms with Gasteiger partial charge in [-0.3, -0.25) is 0 Å². The summed E-state index contributed by atoms with van der Waals surface area (Å²) in [6.07, 6.45) is 8.39. The highest BCUT2D eigenvalue weighted by Crippen LogP contribution is 2.36. The molecule has 21 heavy (non-hydrogen) atoms. The molecular formula is C17H30O4. The number of rotatable bonds is 9. The van der Waals surface area contributed by atoms with Crippen molar-refractivity contribution in [3.63, 3.8) is 0 Å². The van der Waals surface area contributed by atoms with E-state index < -0.39 is 11.4 Å². The van der Waals surface area contributed by atoms with Crippen LogP contribution in [0.1, 0.15) is 71.1 Å². The van der Waals surface area contributed by atoms with E-state index in [1.54, 1.807) is 0 Å². The number of aliphatic hydroxyl groups is 3. The minimum atomic E-state index is -2.05. The smallest absolute Gasteiger partial charge is 0.204 e. The lowest BCUT2D eigenvalue weighted by Crippen LogP contribution is -2.48. The Morgan fingerprint density at radius 2 is 1.67 bits per heavy atom. The molecule has 0 radical (unpaired) electrons. The molecule has 0 unspecified atom stereocenters. The van der Waals surface area contributed by atoms with Gasteiger partial charge in [-0.05, 0) is 32.1 Å². The van der Waals surface area contributed by atoms with Crippen molar-refractivity contribution in [2.75, 3.05) is 13.2 Å². The highest BCUT2D eigenvalue weighted by Gasteiger charge is 2.51. The van der Waals surface area contributed by atoms with E-state index in [0.29, 0.717) is 19.3 Å². The van der Waals surface area contributed by atoms with Crippen LogP contribution in [0.15, 0.2) is 0 Å². The Morgan fingerprint density at radius 1 is 0.952 bits per heavy atom. The molecule has 0 bridgehead atoms. The number of ether oxygens (including phenoxy) is 1. The molecule has 4 nitrogen and oxygen atoms in total. The van der Waals surface area contributed by atoms with Gasteiger partial charge < -0.3 is 20.1 Å². The standard InChI is InChI=1S/C17H30O4/c1-2-3-14-21-15-9-7-5-4-6-8-11-16(18)12-10-13-17(16,19)20/h18-20H,2-7,9-10,12-15H2,1H3/t16-/m0/s1. The van der Waals surface area contributed by atoms with E-state index in [1.165, 1.54) is 6.42 Å². The summed E-state index contributed by atoms with van der Waals surface area (Å²) in [5.41, 5.74) is -1.64. The molecule has 0 aliphatic heterocycles. The van der Waals surface area contributed by atoms with Crippen LogP contribution in [0.25, 0.3) is 0 Å². The first-order valence-corrected chi connectivity index (χ1v) is 8.27. The SMILES string of the molecule is CCCCOCCCCCCC#C[C@]1(O)CCCC1(O)O. The van der Waals surface area contributed by atoms with Crippen molar-refractivity contribution in [1.82, 2.24) is 0 Å². The maximum atomic E-state index is 10.1. The molecule has 0 spiro atoms. The number of unbranched alkanes of at least 4 members (excludes halogenated alkanes) is 5. The third-order valence-electron chi connectivity index (χ3n) is 4.00. The third kappa shape index (κ3) is 6.36. The maximum absolute atomic E-state index is 10.1. The highest BCUT2D eigenvalue weighted by atomic mass is 16.5. The molecule has 0 aromatic carbocycles. The van der Waals surface area contributed by atoms with E-state index >= 15 is 0 Å². The lowest BCUT2D eigenvalue weighted by Gasteiger charge is -2.28. The van der Waals surface area contributed by atoms with Crippen LogP contribution in [0.5, 0.6) is 0 Å². The molecule has 1 atom stereocenters. The minimum Gasteiger partial charge on any atom is -0.381 e.